The van der Waals surface area contributed by atoms with Gasteiger partial charge < -0.3 is 5.32 Å². The Morgan fingerprint density at radius 3 is 2.68 bits per heavy atom. The average Bonchev–Trinajstić information content (AvgIpc) is 2.48. The Morgan fingerprint density at radius 1 is 1.21 bits per heavy atom. The summed E-state index contributed by atoms with van der Waals surface area (Å²) < 4.78 is 0. The van der Waals surface area contributed by atoms with E-state index in [4.69, 9.17) is 0 Å². The lowest BCUT2D eigenvalue weighted by atomic mass is 9.98. The minimum atomic E-state index is 0.471. The summed E-state index contributed by atoms with van der Waals surface area (Å²) in [6.45, 7) is 7.98. The molecular formula is C17H28N2. The smallest absolute Gasteiger partial charge is 0.0449 e. The van der Waals surface area contributed by atoms with Crippen LogP contribution in [0.5, 0.6) is 0 Å². The number of likely N-dealkylation sites (tertiary alicyclic amines) is 1. The van der Waals surface area contributed by atoms with Gasteiger partial charge in [0, 0.05) is 18.6 Å². The van der Waals surface area contributed by atoms with Crippen LogP contribution in [0.15, 0.2) is 30.3 Å². The van der Waals surface area contributed by atoms with Gasteiger partial charge in [0.05, 0.1) is 0 Å². The Balaban J connectivity index is 2.03. The van der Waals surface area contributed by atoms with Crippen LogP contribution in [0.4, 0.5) is 0 Å². The van der Waals surface area contributed by atoms with Crippen molar-refractivity contribution in [2.75, 3.05) is 19.6 Å². The Kier molecular flexibility index (Phi) is 5.87. The molecule has 19 heavy (non-hydrogen) atoms. The zero-order valence-electron chi connectivity index (χ0n) is 12.4. The molecule has 1 N–H and O–H groups in total. The van der Waals surface area contributed by atoms with Gasteiger partial charge >= 0.3 is 0 Å². The van der Waals surface area contributed by atoms with Crippen molar-refractivity contribution >= 4 is 0 Å². The Hall–Kier alpha value is -0.860. The number of nitrogens with zero attached hydrogens (tertiary/aromatic N) is 1. The van der Waals surface area contributed by atoms with Crippen LogP contribution in [0.1, 0.15) is 51.1 Å². The lowest BCUT2D eigenvalue weighted by Gasteiger charge is -2.37. The predicted molar refractivity (Wildman–Crippen MR) is 82.4 cm³/mol. The highest BCUT2D eigenvalue weighted by Gasteiger charge is 2.23. The van der Waals surface area contributed by atoms with Crippen LogP contribution < -0.4 is 5.32 Å². The van der Waals surface area contributed by atoms with Gasteiger partial charge in [0.15, 0.2) is 0 Å². The first kappa shape index (κ1) is 14.5. The maximum Gasteiger partial charge on any atom is 0.0449 e. The van der Waals surface area contributed by atoms with Crippen LogP contribution in [0, 0.1) is 0 Å². The first-order chi connectivity index (χ1) is 9.35. The van der Waals surface area contributed by atoms with E-state index in [0.29, 0.717) is 6.04 Å². The summed E-state index contributed by atoms with van der Waals surface area (Å²) in [5.74, 6) is 0. The van der Waals surface area contributed by atoms with Crippen LogP contribution in [-0.2, 0) is 0 Å². The fraction of sp³-hybridized carbons (Fsp3) is 0.647. The maximum atomic E-state index is 3.65. The van der Waals surface area contributed by atoms with Gasteiger partial charge in [-0.1, -0.05) is 50.6 Å². The number of hydrogen-bond donors (Lipinski definition) is 1. The number of benzene rings is 1. The summed E-state index contributed by atoms with van der Waals surface area (Å²) in [5.41, 5.74) is 1.42. The molecule has 2 heteroatoms. The van der Waals surface area contributed by atoms with Crippen molar-refractivity contribution < 1.29 is 0 Å². The fourth-order valence-corrected chi connectivity index (χ4v) is 3.22. The van der Waals surface area contributed by atoms with E-state index in [1.807, 2.05) is 0 Å². The quantitative estimate of drug-likeness (QED) is 0.840. The second-order valence-electron chi connectivity index (χ2n) is 5.57. The molecule has 0 aliphatic carbocycles. The zero-order chi connectivity index (χ0) is 13.5. The third kappa shape index (κ3) is 4.05. The highest BCUT2D eigenvalue weighted by Crippen LogP contribution is 2.23. The van der Waals surface area contributed by atoms with Crippen molar-refractivity contribution in [3.63, 3.8) is 0 Å². The monoisotopic (exact) mass is 260 g/mol. The standard InChI is InChI=1S/C17H28N2/c1-3-16-12-8-9-13-19(16)14-17(18-4-2)15-10-6-5-7-11-15/h5-7,10-11,16-18H,3-4,8-9,12-14H2,1-2H3. The molecule has 1 heterocycles. The molecule has 1 saturated heterocycles. The molecule has 2 rings (SSSR count). The third-order valence-corrected chi connectivity index (χ3v) is 4.29. The largest absolute Gasteiger partial charge is 0.309 e. The number of likely N-dealkylation sites (N-methyl/N-ethyl adjacent to an activating group) is 1. The Labute approximate surface area is 118 Å². The summed E-state index contributed by atoms with van der Waals surface area (Å²) in [6, 6.07) is 12.1. The van der Waals surface area contributed by atoms with Gasteiger partial charge in [-0.25, -0.2) is 0 Å². The predicted octanol–water partition coefficient (Wildman–Crippen LogP) is 3.60. The van der Waals surface area contributed by atoms with Crippen molar-refractivity contribution in [2.45, 2.75) is 51.6 Å². The first-order valence-corrected chi connectivity index (χ1v) is 7.87. The van der Waals surface area contributed by atoms with Gasteiger partial charge in [-0.05, 0) is 37.9 Å². The van der Waals surface area contributed by atoms with Crippen molar-refractivity contribution in [3.05, 3.63) is 35.9 Å². The molecule has 0 aromatic heterocycles. The fourth-order valence-electron chi connectivity index (χ4n) is 3.22. The minimum Gasteiger partial charge on any atom is -0.309 e. The summed E-state index contributed by atoms with van der Waals surface area (Å²) in [7, 11) is 0. The molecule has 106 valence electrons. The number of hydrogen-bond acceptors (Lipinski definition) is 2. The van der Waals surface area contributed by atoms with Crippen LogP contribution in [-0.4, -0.2) is 30.6 Å². The van der Waals surface area contributed by atoms with E-state index in [9.17, 15) is 0 Å². The van der Waals surface area contributed by atoms with E-state index in [-0.39, 0.29) is 0 Å². The second kappa shape index (κ2) is 7.66. The third-order valence-electron chi connectivity index (χ3n) is 4.29. The molecule has 0 saturated carbocycles. The lowest BCUT2D eigenvalue weighted by Crippen LogP contribution is -2.44. The van der Waals surface area contributed by atoms with E-state index < -0.39 is 0 Å². The van der Waals surface area contributed by atoms with Crippen LogP contribution in [0.25, 0.3) is 0 Å². The van der Waals surface area contributed by atoms with Crippen LogP contribution in [0.3, 0.4) is 0 Å². The summed E-state index contributed by atoms with van der Waals surface area (Å²) in [4.78, 5) is 2.70. The molecule has 0 radical (unpaired) electrons. The van der Waals surface area contributed by atoms with Gasteiger partial charge in [0.25, 0.3) is 0 Å². The lowest BCUT2D eigenvalue weighted by molar-refractivity contribution is 0.129. The Bertz CT molecular complexity index is 350. The zero-order valence-corrected chi connectivity index (χ0v) is 12.4. The molecule has 2 atom stereocenters. The van der Waals surface area contributed by atoms with Crippen molar-refractivity contribution in [2.24, 2.45) is 0 Å². The summed E-state index contributed by atoms with van der Waals surface area (Å²) >= 11 is 0. The van der Waals surface area contributed by atoms with Gasteiger partial charge in [-0.15, -0.1) is 0 Å². The highest BCUT2D eigenvalue weighted by atomic mass is 15.2. The van der Waals surface area contributed by atoms with E-state index in [1.54, 1.807) is 0 Å². The average molecular weight is 260 g/mol. The van der Waals surface area contributed by atoms with Gasteiger partial charge in [-0.3, -0.25) is 4.90 Å². The van der Waals surface area contributed by atoms with E-state index in [0.717, 1.165) is 19.1 Å². The molecule has 2 nitrogen and oxygen atoms in total. The van der Waals surface area contributed by atoms with Gasteiger partial charge in [0.2, 0.25) is 0 Å². The summed E-state index contributed by atoms with van der Waals surface area (Å²) in [5, 5.41) is 3.65. The molecule has 1 fully saturated rings. The first-order valence-electron chi connectivity index (χ1n) is 7.87. The van der Waals surface area contributed by atoms with Gasteiger partial charge in [-0.2, -0.15) is 0 Å². The summed E-state index contributed by atoms with van der Waals surface area (Å²) in [6.07, 6.45) is 5.44. The number of piperidine rings is 1. The number of rotatable bonds is 6. The van der Waals surface area contributed by atoms with Crippen molar-refractivity contribution in [1.82, 2.24) is 10.2 Å². The molecule has 0 amide bonds. The molecule has 1 aromatic carbocycles. The van der Waals surface area contributed by atoms with E-state index >= 15 is 0 Å². The van der Waals surface area contributed by atoms with Crippen molar-refractivity contribution in [1.29, 1.82) is 0 Å². The minimum absolute atomic E-state index is 0.471. The van der Waals surface area contributed by atoms with E-state index in [2.05, 4.69) is 54.4 Å². The van der Waals surface area contributed by atoms with Gasteiger partial charge in [0.1, 0.15) is 0 Å². The molecular weight excluding hydrogens is 232 g/mol. The maximum absolute atomic E-state index is 3.65. The van der Waals surface area contributed by atoms with Crippen molar-refractivity contribution in [3.8, 4) is 0 Å². The molecule has 2 unspecified atom stereocenters. The normalized spacial score (nSPS) is 22.3. The van der Waals surface area contributed by atoms with Crippen LogP contribution >= 0.6 is 0 Å². The second-order valence-corrected chi connectivity index (χ2v) is 5.57. The highest BCUT2D eigenvalue weighted by molar-refractivity contribution is 5.19. The van der Waals surface area contributed by atoms with Crippen LogP contribution in [0.2, 0.25) is 0 Å². The van der Waals surface area contributed by atoms with E-state index in [1.165, 1.54) is 37.8 Å². The molecule has 1 aliphatic heterocycles. The molecule has 1 aromatic rings. The Morgan fingerprint density at radius 2 is 2.00 bits per heavy atom. The molecule has 0 bridgehead atoms. The molecule has 0 spiro atoms. The topological polar surface area (TPSA) is 15.3 Å². The SMILES string of the molecule is CCNC(CN1CCCCC1CC)c1ccccc1. The molecule has 1 aliphatic rings. The number of nitrogens with one attached hydrogen (secondary N) is 1.